The van der Waals surface area contributed by atoms with E-state index in [9.17, 15) is 14.4 Å². The first-order valence-electron chi connectivity index (χ1n) is 15.9. The Morgan fingerprint density at radius 2 is 1.50 bits per heavy atom. The predicted molar refractivity (Wildman–Crippen MR) is 162 cm³/mol. The number of nitrogens with zero attached hydrogens (tertiary/aromatic N) is 1. The molecule has 3 amide bonds. The van der Waals surface area contributed by atoms with Crippen molar-refractivity contribution in [1.29, 1.82) is 0 Å². The SMILES string of the molecule is C[C@@]12C=C[C@@]3(O1)[C@H](C(=O)N(c1ccc(C4CCCCC4)cc1)[C@@H]3C(=O)NC1CCCCC1)[C@H]2C(=O)Nc1ccccc1. The maximum atomic E-state index is 14.5. The lowest BCUT2D eigenvalue weighted by Crippen LogP contribution is -2.56. The largest absolute Gasteiger partial charge is 0.356 e. The first-order valence-corrected chi connectivity index (χ1v) is 15.9. The highest BCUT2D eigenvalue weighted by Gasteiger charge is 2.76. The van der Waals surface area contributed by atoms with Crippen molar-refractivity contribution in [3.8, 4) is 0 Å². The number of carbonyl (C=O) groups is 3. The van der Waals surface area contributed by atoms with Crippen LogP contribution in [-0.4, -0.2) is 41.0 Å². The zero-order valence-corrected chi connectivity index (χ0v) is 24.4. The third-order valence-electron chi connectivity index (χ3n) is 10.5. The topological polar surface area (TPSA) is 87.7 Å². The minimum absolute atomic E-state index is 0.0858. The number of nitrogens with one attached hydrogen (secondary N) is 2. The van der Waals surface area contributed by atoms with Gasteiger partial charge in [-0.15, -0.1) is 0 Å². The number of hydrogen-bond donors (Lipinski definition) is 2. The van der Waals surface area contributed by atoms with Gasteiger partial charge < -0.3 is 15.4 Å². The number of amides is 3. The highest BCUT2D eigenvalue weighted by atomic mass is 16.5. The molecule has 2 aromatic rings. The number of anilines is 2. The van der Waals surface area contributed by atoms with E-state index in [-0.39, 0.29) is 23.8 Å². The van der Waals surface area contributed by atoms with Crippen molar-refractivity contribution in [2.75, 3.05) is 10.2 Å². The number of ether oxygens (including phenoxy) is 1. The molecular weight excluding hydrogens is 526 g/mol. The molecule has 2 aliphatic carbocycles. The van der Waals surface area contributed by atoms with Crippen LogP contribution in [0, 0.1) is 11.8 Å². The molecule has 4 fully saturated rings. The fourth-order valence-electron chi connectivity index (χ4n) is 8.42. The summed E-state index contributed by atoms with van der Waals surface area (Å²) in [5.41, 5.74) is 0.431. The summed E-state index contributed by atoms with van der Waals surface area (Å²) in [6, 6.07) is 16.7. The number of rotatable bonds is 6. The van der Waals surface area contributed by atoms with Gasteiger partial charge in [-0.05, 0) is 68.4 Å². The normalized spacial score (nSPS) is 32.6. The molecule has 2 saturated carbocycles. The van der Waals surface area contributed by atoms with E-state index in [4.69, 9.17) is 4.74 Å². The van der Waals surface area contributed by atoms with E-state index >= 15 is 0 Å². The summed E-state index contributed by atoms with van der Waals surface area (Å²) in [4.78, 5) is 44.2. The maximum absolute atomic E-state index is 14.5. The third kappa shape index (κ3) is 4.48. The number of benzene rings is 2. The molecule has 7 heteroatoms. The second-order valence-corrected chi connectivity index (χ2v) is 13.2. The monoisotopic (exact) mass is 567 g/mol. The van der Waals surface area contributed by atoms with Crippen molar-refractivity contribution in [2.24, 2.45) is 11.8 Å². The minimum atomic E-state index is -1.22. The van der Waals surface area contributed by atoms with Crippen LogP contribution in [0.1, 0.15) is 82.6 Å². The van der Waals surface area contributed by atoms with E-state index in [1.165, 1.54) is 44.1 Å². The molecule has 0 aromatic heterocycles. The van der Waals surface area contributed by atoms with E-state index in [1.54, 1.807) is 4.90 Å². The van der Waals surface area contributed by atoms with Crippen LogP contribution in [0.3, 0.4) is 0 Å². The van der Waals surface area contributed by atoms with Gasteiger partial charge in [0, 0.05) is 17.4 Å². The highest BCUT2D eigenvalue weighted by molar-refractivity contribution is 6.11. The van der Waals surface area contributed by atoms with Crippen LogP contribution >= 0.6 is 0 Å². The molecule has 2 N–H and O–H groups in total. The molecule has 2 saturated heterocycles. The molecule has 220 valence electrons. The maximum Gasteiger partial charge on any atom is 0.246 e. The first-order chi connectivity index (χ1) is 20.4. The Kier molecular flexibility index (Phi) is 6.96. The van der Waals surface area contributed by atoms with Crippen molar-refractivity contribution >= 4 is 29.1 Å². The van der Waals surface area contributed by atoms with Crippen molar-refractivity contribution in [2.45, 2.75) is 100 Å². The van der Waals surface area contributed by atoms with Crippen LogP contribution < -0.4 is 15.5 Å². The summed E-state index contributed by atoms with van der Waals surface area (Å²) in [6.07, 6.45) is 15.2. The molecule has 5 aliphatic rings. The molecule has 2 bridgehead atoms. The van der Waals surface area contributed by atoms with Crippen LogP contribution in [0.15, 0.2) is 66.7 Å². The Hall–Kier alpha value is -3.45. The standard InChI is InChI=1S/C35H41N3O4/c1-34-21-22-35(42-34)29(28(34)31(39)36-25-13-7-3-8-14-25)33(41)38(30(35)32(40)37-26-15-9-4-10-16-26)27-19-17-24(18-20-27)23-11-5-2-6-12-23/h3,7-8,13-14,17-23,26,28-30H,2,4-6,9-12,15-16H2,1H3,(H,36,39)(H,37,40)/t28-,29-,30+,34-,35+/m0/s1. The summed E-state index contributed by atoms with van der Waals surface area (Å²) in [7, 11) is 0. The van der Waals surface area contributed by atoms with Gasteiger partial charge in [0.05, 0.1) is 17.4 Å². The van der Waals surface area contributed by atoms with Crippen LogP contribution in [-0.2, 0) is 19.1 Å². The Labute approximate surface area is 248 Å². The van der Waals surface area contributed by atoms with Gasteiger partial charge in [0.1, 0.15) is 11.6 Å². The van der Waals surface area contributed by atoms with Crippen LogP contribution in [0.2, 0.25) is 0 Å². The molecule has 1 spiro atoms. The Morgan fingerprint density at radius 3 is 2.19 bits per heavy atom. The molecule has 0 unspecified atom stereocenters. The Balaban J connectivity index is 1.24. The van der Waals surface area contributed by atoms with Gasteiger partial charge in [-0.25, -0.2) is 0 Å². The van der Waals surface area contributed by atoms with E-state index in [0.29, 0.717) is 17.3 Å². The molecule has 7 rings (SSSR count). The molecule has 7 nitrogen and oxygen atoms in total. The van der Waals surface area contributed by atoms with E-state index < -0.39 is 29.1 Å². The first kappa shape index (κ1) is 27.4. The van der Waals surface area contributed by atoms with Crippen LogP contribution in [0.5, 0.6) is 0 Å². The lowest BCUT2D eigenvalue weighted by atomic mass is 9.70. The Morgan fingerprint density at radius 1 is 0.833 bits per heavy atom. The summed E-state index contributed by atoms with van der Waals surface area (Å²) in [5, 5.41) is 6.29. The number of carbonyl (C=O) groups excluding carboxylic acids is 3. The lowest BCUT2D eigenvalue weighted by Gasteiger charge is -2.34. The van der Waals surface area contributed by atoms with Gasteiger partial charge in [0.25, 0.3) is 0 Å². The quantitative estimate of drug-likeness (QED) is 0.428. The fourth-order valence-corrected chi connectivity index (χ4v) is 8.42. The van der Waals surface area contributed by atoms with Crippen molar-refractivity contribution in [3.63, 3.8) is 0 Å². The second kappa shape index (κ2) is 10.7. The average Bonchev–Trinajstić information content (AvgIpc) is 3.59. The molecule has 3 heterocycles. The van der Waals surface area contributed by atoms with Gasteiger partial charge in [-0.2, -0.15) is 0 Å². The van der Waals surface area contributed by atoms with E-state index in [1.807, 2.05) is 61.5 Å². The molecule has 42 heavy (non-hydrogen) atoms. The van der Waals surface area contributed by atoms with Gasteiger partial charge in [-0.3, -0.25) is 19.3 Å². The van der Waals surface area contributed by atoms with Crippen molar-refractivity contribution in [3.05, 3.63) is 72.3 Å². The smallest absolute Gasteiger partial charge is 0.246 e. The zero-order chi connectivity index (χ0) is 28.9. The summed E-state index contributed by atoms with van der Waals surface area (Å²) in [6.45, 7) is 1.86. The number of hydrogen-bond acceptors (Lipinski definition) is 4. The molecular formula is C35H41N3O4. The van der Waals surface area contributed by atoms with Gasteiger partial charge >= 0.3 is 0 Å². The molecule has 0 radical (unpaired) electrons. The summed E-state index contributed by atoms with van der Waals surface area (Å²) < 4.78 is 6.71. The van der Waals surface area contributed by atoms with Crippen LogP contribution in [0.4, 0.5) is 11.4 Å². The van der Waals surface area contributed by atoms with Gasteiger partial charge in [0.2, 0.25) is 17.7 Å². The van der Waals surface area contributed by atoms with E-state index in [2.05, 4.69) is 22.8 Å². The van der Waals surface area contributed by atoms with E-state index in [0.717, 1.165) is 25.7 Å². The van der Waals surface area contributed by atoms with Crippen molar-refractivity contribution in [1.82, 2.24) is 5.32 Å². The van der Waals surface area contributed by atoms with Crippen LogP contribution in [0.25, 0.3) is 0 Å². The summed E-state index contributed by atoms with van der Waals surface area (Å²) in [5.74, 6) is -1.74. The summed E-state index contributed by atoms with van der Waals surface area (Å²) >= 11 is 0. The predicted octanol–water partition coefficient (Wildman–Crippen LogP) is 5.87. The molecule has 2 aromatic carbocycles. The fraction of sp³-hybridized carbons (Fsp3) is 0.514. The average molecular weight is 568 g/mol. The third-order valence-corrected chi connectivity index (χ3v) is 10.5. The Bertz CT molecular complexity index is 1380. The number of para-hydroxylation sites is 1. The van der Waals surface area contributed by atoms with Crippen molar-refractivity contribution < 1.29 is 19.1 Å². The minimum Gasteiger partial charge on any atom is -0.356 e. The second-order valence-electron chi connectivity index (χ2n) is 13.2. The lowest BCUT2D eigenvalue weighted by molar-refractivity contribution is -0.131. The highest BCUT2D eigenvalue weighted by Crippen LogP contribution is 2.60. The van der Waals surface area contributed by atoms with Gasteiger partial charge in [0.15, 0.2) is 0 Å². The van der Waals surface area contributed by atoms with Gasteiger partial charge in [-0.1, -0.05) is 81.0 Å². The molecule has 3 aliphatic heterocycles. The molecule has 5 atom stereocenters. The zero-order valence-electron chi connectivity index (χ0n) is 24.4. The number of fused-ring (bicyclic) bond motifs is 1.